The quantitative estimate of drug-likeness (QED) is 0.884. The molecule has 18 heavy (non-hydrogen) atoms. The fourth-order valence-electron chi connectivity index (χ4n) is 1.47. The molecule has 2 aromatic rings. The summed E-state index contributed by atoms with van der Waals surface area (Å²) in [5.41, 5.74) is 6.34. The van der Waals surface area contributed by atoms with Gasteiger partial charge in [-0.05, 0) is 6.07 Å². The molecule has 96 valence electrons. The Balaban J connectivity index is 0.000000492. The van der Waals surface area contributed by atoms with Crippen molar-refractivity contribution in [2.75, 3.05) is 0 Å². The summed E-state index contributed by atoms with van der Waals surface area (Å²) < 4.78 is 0. The molecule has 1 amide bonds. The first-order valence-electron chi connectivity index (χ1n) is 6.19. The van der Waals surface area contributed by atoms with Crippen LogP contribution in [-0.4, -0.2) is 15.9 Å². The molecule has 1 heterocycles. The van der Waals surface area contributed by atoms with E-state index in [2.05, 4.69) is 23.8 Å². The number of rotatable bonds is 2. The summed E-state index contributed by atoms with van der Waals surface area (Å²) in [6.07, 6.45) is 1.94. The number of hydrogen-bond donors (Lipinski definition) is 1. The number of amides is 1. The maximum absolute atomic E-state index is 11.2. The van der Waals surface area contributed by atoms with E-state index in [9.17, 15) is 4.79 Å². The molecule has 2 rings (SSSR count). The minimum absolute atomic E-state index is 0.303. The molecular weight excluding hydrogens is 226 g/mol. The Morgan fingerprint density at radius 3 is 2.33 bits per heavy atom. The molecule has 0 fully saturated rings. The standard InChI is InChI=1S/C11H11N3O.C3H8/c1-2-9-13-8-6-4-3-5-7(8)10(14-9)11(12)15;1-3-2/h3-6H,2H2,1H3,(H2,12,15);3H2,1-2H3. The number of aryl methyl sites for hydroxylation is 1. The second-order valence-electron chi connectivity index (χ2n) is 3.93. The third-order valence-electron chi connectivity index (χ3n) is 2.20. The molecule has 0 atom stereocenters. The minimum Gasteiger partial charge on any atom is -0.364 e. The van der Waals surface area contributed by atoms with Crippen LogP contribution >= 0.6 is 0 Å². The van der Waals surface area contributed by atoms with Crippen molar-refractivity contribution in [3.8, 4) is 0 Å². The van der Waals surface area contributed by atoms with E-state index >= 15 is 0 Å². The number of fused-ring (bicyclic) bond motifs is 1. The largest absolute Gasteiger partial charge is 0.364 e. The molecule has 4 nitrogen and oxygen atoms in total. The predicted octanol–water partition coefficient (Wildman–Crippen LogP) is 2.71. The Kier molecular flexibility index (Phi) is 5.24. The van der Waals surface area contributed by atoms with Gasteiger partial charge in [0.05, 0.1) is 5.52 Å². The van der Waals surface area contributed by atoms with Gasteiger partial charge in [-0.25, -0.2) is 9.97 Å². The van der Waals surface area contributed by atoms with Crippen LogP contribution in [0.15, 0.2) is 24.3 Å². The van der Waals surface area contributed by atoms with Crippen LogP contribution in [0.4, 0.5) is 0 Å². The van der Waals surface area contributed by atoms with Gasteiger partial charge in [-0.3, -0.25) is 4.79 Å². The summed E-state index contributed by atoms with van der Waals surface area (Å²) in [4.78, 5) is 19.7. The van der Waals surface area contributed by atoms with Gasteiger partial charge in [0.25, 0.3) is 5.91 Å². The molecule has 1 aromatic heterocycles. The number of hydrogen-bond acceptors (Lipinski definition) is 3. The fraction of sp³-hybridized carbons (Fsp3) is 0.357. The maximum Gasteiger partial charge on any atom is 0.268 e. The van der Waals surface area contributed by atoms with Crippen molar-refractivity contribution in [3.63, 3.8) is 0 Å². The van der Waals surface area contributed by atoms with Crippen LogP contribution in [0, 0.1) is 0 Å². The average molecular weight is 245 g/mol. The number of carbonyl (C=O) groups is 1. The fourth-order valence-corrected chi connectivity index (χ4v) is 1.47. The Bertz CT molecular complexity index is 538. The van der Waals surface area contributed by atoms with Gasteiger partial charge in [0.15, 0.2) is 0 Å². The van der Waals surface area contributed by atoms with Gasteiger partial charge >= 0.3 is 0 Å². The predicted molar refractivity (Wildman–Crippen MR) is 73.4 cm³/mol. The third kappa shape index (κ3) is 3.26. The first-order valence-corrected chi connectivity index (χ1v) is 6.19. The first kappa shape index (κ1) is 14.1. The van der Waals surface area contributed by atoms with E-state index in [1.54, 1.807) is 6.07 Å². The normalized spacial score (nSPS) is 9.72. The number of aromatic nitrogens is 2. The highest BCUT2D eigenvalue weighted by molar-refractivity contribution is 6.03. The van der Waals surface area contributed by atoms with Crippen LogP contribution in [-0.2, 0) is 6.42 Å². The molecule has 0 saturated carbocycles. The van der Waals surface area contributed by atoms with Crippen molar-refractivity contribution in [1.29, 1.82) is 0 Å². The number of carbonyl (C=O) groups excluding carboxylic acids is 1. The molecule has 2 N–H and O–H groups in total. The second kappa shape index (κ2) is 6.69. The summed E-state index contributed by atoms with van der Waals surface area (Å²) >= 11 is 0. The number of primary amides is 1. The molecule has 0 radical (unpaired) electrons. The van der Waals surface area contributed by atoms with Crippen molar-refractivity contribution >= 4 is 16.8 Å². The van der Waals surface area contributed by atoms with Crippen LogP contribution in [0.3, 0.4) is 0 Å². The topological polar surface area (TPSA) is 68.9 Å². The van der Waals surface area contributed by atoms with Crippen molar-refractivity contribution in [2.45, 2.75) is 33.6 Å². The molecule has 0 spiro atoms. The monoisotopic (exact) mass is 245 g/mol. The SMILES string of the molecule is CCC.CCc1nc(C(N)=O)c2ccccc2n1. The van der Waals surface area contributed by atoms with Crippen molar-refractivity contribution < 1.29 is 4.79 Å². The highest BCUT2D eigenvalue weighted by Gasteiger charge is 2.10. The van der Waals surface area contributed by atoms with E-state index in [0.717, 1.165) is 5.52 Å². The number of para-hydroxylation sites is 1. The molecule has 4 heteroatoms. The lowest BCUT2D eigenvalue weighted by Crippen LogP contribution is -2.15. The van der Waals surface area contributed by atoms with Crippen LogP contribution in [0.5, 0.6) is 0 Å². The molecule has 0 bridgehead atoms. The van der Waals surface area contributed by atoms with E-state index in [1.807, 2.05) is 25.1 Å². The van der Waals surface area contributed by atoms with Gasteiger partial charge in [-0.1, -0.05) is 45.4 Å². The molecule has 1 aromatic carbocycles. The lowest BCUT2D eigenvalue weighted by atomic mass is 10.1. The minimum atomic E-state index is -0.511. The number of nitrogens with zero attached hydrogens (tertiary/aromatic N) is 2. The van der Waals surface area contributed by atoms with Crippen LogP contribution < -0.4 is 5.73 Å². The van der Waals surface area contributed by atoms with Gasteiger partial charge in [0, 0.05) is 11.8 Å². The summed E-state index contributed by atoms with van der Waals surface area (Å²) in [5, 5.41) is 0.710. The lowest BCUT2D eigenvalue weighted by molar-refractivity contribution is 0.0997. The third-order valence-corrected chi connectivity index (χ3v) is 2.20. The van der Waals surface area contributed by atoms with Gasteiger partial charge in [0.2, 0.25) is 0 Å². The zero-order chi connectivity index (χ0) is 13.5. The van der Waals surface area contributed by atoms with Crippen LogP contribution in [0.2, 0.25) is 0 Å². The summed E-state index contributed by atoms with van der Waals surface area (Å²) in [5.74, 6) is 0.130. The maximum atomic E-state index is 11.2. The summed E-state index contributed by atoms with van der Waals surface area (Å²) in [7, 11) is 0. The van der Waals surface area contributed by atoms with Crippen molar-refractivity contribution in [3.05, 3.63) is 35.8 Å². The molecule has 0 aliphatic carbocycles. The molecule has 0 saturated heterocycles. The molecule has 0 unspecified atom stereocenters. The Morgan fingerprint density at radius 1 is 1.17 bits per heavy atom. The second-order valence-corrected chi connectivity index (χ2v) is 3.93. The Morgan fingerprint density at radius 2 is 1.78 bits per heavy atom. The zero-order valence-electron chi connectivity index (χ0n) is 11.1. The van der Waals surface area contributed by atoms with Crippen molar-refractivity contribution in [2.24, 2.45) is 5.73 Å². The lowest BCUT2D eigenvalue weighted by Gasteiger charge is -2.04. The van der Waals surface area contributed by atoms with Gasteiger partial charge in [0.1, 0.15) is 11.5 Å². The average Bonchev–Trinajstić information content (AvgIpc) is 2.38. The Hall–Kier alpha value is -1.97. The van der Waals surface area contributed by atoms with E-state index in [0.29, 0.717) is 23.3 Å². The van der Waals surface area contributed by atoms with Crippen molar-refractivity contribution in [1.82, 2.24) is 9.97 Å². The Labute approximate surface area is 107 Å². The highest BCUT2D eigenvalue weighted by atomic mass is 16.1. The molecular formula is C14H19N3O. The van der Waals surface area contributed by atoms with Gasteiger partial charge in [-0.15, -0.1) is 0 Å². The van der Waals surface area contributed by atoms with Crippen LogP contribution in [0.25, 0.3) is 10.9 Å². The highest BCUT2D eigenvalue weighted by Crippen LogP contribution is 2.15. The van der Waals surface area contributed by atoms with Crippen LogP contribution in [0.1, 0.15) is 43.5 Å². The summed E-state index contributed by atoms with van der Waals surface area (Å²) in [6, 6.07) is 7.36. The first-order chi connectivity index (χ1) is 8.63. The zero-order valence-corrected chi connectivity index (χ0v) is 11.1. The van der Waals surface area contributed by atoms with Gasteiger partial charge < -0.3 is 5.73 Å². The van der Waals surface area contributed by atoms with Gasteiger partial charge in [-0.2, -0.15) is 0 Å². The summed E-state index contributed by atoms with van der Waals surface area (Å²) in [6.45, 7) is 6.19. The van der Waals surface area contributed by atoms with E-state index < -0.39 is 5.91 Å². The molecule has 0 aliphatic rings. The molecule has 0 aliphatic heterocycles. The van der Waals surface area contributed by atoms with E-state index in [4.69, 9.17) is 5.73 Å². The van der Waals surface area contributed by atoms with E-state index in [-0.39, 0.29) is 0 Å². The smallest absolute Gasteiger partial charge is 0.268 e. The number of nitrogens with two attached hydrogens (primary N) is 1. The van der Waals surface area contributed by atoms with E-state index in [1.165, 1.54) is 6.42 Å². The number of benzene rings is 1.